The molecule has 0 saturated carbocycles. The van der Waals surface area contributed by atoms with Crippen LogP contribution in [0.5, 0.6) is 0 Å². The van der Waals surface area contributed by atoms with E-state index in [1.807, 2.05) is 15.9 Å². The van der Waals surface area contributed by atoms with Crippen LogP contribution in [0.25, 0.3) is 6.08 Å². The van der Waals surface area contributed by atoms with E-state index in [-0.39, 0.29) is 29.6 Å². The molecule has 204 valence electrons. The topological polar surface area (TPSA) is 72.6 Å². The Morgan fingerprint density at radius 3 is 2.33 bits per heavy atom. The highest BCUT2D eigenvalue weighted by atomic mass is 32.2. The smallest absolute Gasteiger partial charge is 0.270 e. The van der Waals surface area contributed by atoms with Crippen molar-refractivity contribution in [3.8, 4) is 6.07 Å². The van der Waals surface area contributed by atoms with Gasteiger partial charge in [-0.05, 0) is 48.4 Å². The largest absolute Gasteiger partial charge is 0.366 e. The van der Waals surface area contributed by atoms with Gasteiger partial charge in [-0.15, -0.1) is 0 Å². The van der Waals surface area contributed by atoms with Crippen LogP contribution in [0.3, 0.4) is 0 Å². The number of piperazine rings is 1. The molecule has 1 amide bonds. The van der Waals surface area contributed by atoms with Gasteiger partial charge in [-0.25, -0.2) is 8.78 Å². The number of halogens is 2. The number of aromatic nitrogens is 1. The maximum absolute atomic E-state index is 14.4. The van der Waals surface area contributed by atoms with Crippen LogP contribution in [-0.2, 0) is 18.4 Å². The normalized spacial score (nSPS) is 16.7. The molecule has 0 radical (unpaired) electrons. The molecule has 0 bridgehead atoms. The average molecular weight is 578 g/mol. The number of nitrogens with zero attached hydrogens (tertiary/aromatic N) is 5. The number of thioether (sulfide) groups is 1. The Labute approximate surface area is 239 Å². The maximum atomic E-state index is 14.4. The summed E-state index contributed by atoms with van der Waals surface area (Å²) in [5.74, 6) is -0.379. The number of thiocarbonyl (C=S) groups is 1. The Morgan fingerprint density at radius 2 is 1.68 bits per heavy atom. The van der Waals surface area contributed by atoms with Gasteiger partial charge in [0.25, 0.3) is 11.5 Å². The minimum Gasteiger partial charge on any atom is -0.366 e. The van der Waals surface area contributed by atoms with Gasteiger partial charge in [0, 0.05) is 38.8 Å². The van der Waals surface area contributed by atoms with Crippen molar-refractivity contribution in [1.82, 2.24) is 9.47 Å². The monoisotopic (exact) mass is 577 g/mol. The zero-order valence-electron chi connectivity index (χ0n) is 21.9. The van der Waals surface area contributed by atoms with E-state index in [1.165, 1.54) is 27.7 Å². The number of benzene rings is 2. The summed E-state index contributed by atoms with van der Waals surface area (Å²) in [4.78, 5) is 32.3. The lowest BCUT2D eigenvalue weighted by Gasteiger charge is -2.38. The van der Waals surface area contributed by atoms with Crippen LogP contribution in [0, 0.1) is 29.9 Å². The van der Waals surface area contributed by atoms with Gasteiger partial charge in [0.15, 0.2) is 0 Å². The van der Waals surface area contributed by atoms with Crippen LogP contribution >= 0.6 is 24.0 Å². The van der Waals surface area contributed by atoms with Crippen molar-refractivity contribution in [2.45, 2.75) is 13.5 Å². The van der Waals surface area contributed by atoms with E-state index in [9.17, 15) is 23.6 Å². The lowest BCUT2D eigenvalue weighted by Crippen LogP contribution is -2.48. The molecule has 5 rings (SSSR count). The van der Waals surface area contributed by atoms with Crippen LogP contribution < -0.4 is 15.4 Å². The van der Waals surface area contributed by atoms with Crippen LogP contribution in [0.2, 0.25) is 0 Å². The van der Waals surface area contributed by atoms with Crippen molar-refractivity contribution in [1.29, 1.82) is 5.26 Å². The molecule has 0 atom stereocenters. The fourth-order valence-corrected chi connectivity index (χ4v) is 6.24. The van der Waals surface area contributed by atoms with Crippen molar-refractivity contribution in [2.75, 3.05) is 36.0 Å². The molecule has 2 aliphatic heterocycles. The molecule has 2 aromatic carbocycles. The summed E-state index contributed by atoms with van der Waals surface area (Å²) >= 11 is 6.63. The summed E-state index contributed by atoms with van der Waals surface area (Å²) in [6.07, 6.45) is 1.69. The van der Waals surface area contributed by atoms with Crippen molar-refractivity contribution in [3.05, 3.63) is 97.7 Å². The number of hydrogen-bond acceptors (Lipinski definition) is 7. The Morgan fingerprint density at radius 1 is 1.02 bits per heavy atom. The molecule has 0 unspecified atom stereocenters. The van der Waals surface area contributed by atoms with E-state index in [0.29, 0.717) is 58.0 Å². The second-order valence-corrected chi connectivity index (χ2v) is 11.2. The first-order chi connectivity index (χ1) is 19.2. The second kappa shape index (κ2) is 11.2. The third-order valence-electron chi connectivity index (χ3n) is 7.14. The summed E-state index contributed by atoms with van der Waals surface area (Å²) in [6.45, 7) is 3.94. The Kier molecular flexibility index (Phi) is 7.74. The summed E-state index contributed by atoms with van der Waals surface area (Å²) in [7, 11) is 1.61. The first kappa shape index (κ1) is 27.6. The highest BCUT2D eigenvalue weighted by Crippen LogP contribution is 2.37. The summed E-state index contributed by atoms with van der Waals surface area (Å²) in [5, 5.41) is 9.75. The first-order valence-corrected chi connectivity index (χ1v) is 13.8. The van der Waals surface area contributed by atoms with Crippen LogP contribution in [-0.4, -0.2) is 45.9 Å². The van der Waals surface area contributed by atoms with Crippen LogP contribution in [0.15, 0.2) is 58.2 Å². The van der Waals surface area contributed by atoms with Gasteiger partial charge in [0.2, 0.25) is 0 Å². The number of rotatable bonds is 5. The molecule has 2 saturated heterocycles. The molecular weight excluding hydrogens is 552 g/mol. The number of amides is 1. The van der Waals surface area contributed by atoms with Gasteiger partial charge in [-0.3, -0.25) is 19.1 Å². The molecule has 11 heteroatoms. The predicted octanol–water partition coefficient (Wildman–Crippen LogP) is 4.57. The number of pyridine rings is 1. The molecular formula is C29H25F2N5O2S2. The standard InChI is InChI=1S/C29H25F2N5O2S2/c1-18-21(15-25-28(38)36(29(39)40-25)17-19-7-9-20(30)10-8-19)26(33(2)27(37)22(18)16-32)35-13-11-34(12-14-35)24-6-4-3-5-23(24)31/h3-10,15H,11-14,17H2,1-2H3. The number of carbonyl (C=O) groups is 1. The molecule has 0 spiro atoms. The fourth-order valence-electron chi connectivity index (χ4n) is 5.00. The molecule has 1 aromatic heterocycles. The number of carbonyl (C=O) groups excluding carboxylic acids is 1. The minimum absolute atomic E-state index is 0.00397. The highest BCUT2D eigenvalue weighted by molar-refractivity contribution is 8.26. The molecule has 3 heterocycles. The Hall–Kier alpha value is -4.01. The van der Waals surface area contributed by atoms with Crippen LogP contribution in [0.1, 0.15) is 22.3 Å². The minimum atomic E-state index is -0.424. The van der Waals surface area contributed by atoms with Crippen molar-refractivity contribution >= 4 is 51.8 Å². The SMILES string of the molecule is Cc1c(C=C2SC(=S)N(Cc3ccc(F)cc3)C2=O)c(N2CCN(c3ccccc3F)CC2)n(C)c(=O)c1C#N. The second-order valence-electron chi connectivity index (χ2n) is 9.53. The summed E-state index contributed by atoms with van der Waals surface area (Å²) in [6, 6.07) is 14.5. The third kappa shape index (κ3) is 5.12. The third-order valence-corrected chi connectivity index (χ3v) is 8.52. The van der Waals surface area contributed by atoms with Gasteiger partial charge in [0.1, 0.15) is 33.4 Å². The van der Waals surface area contributed by atoms with Gasteiger partial charge in [-0.2, -0.15) is 5.26 Å². The van der Waals surface area contributed by atoms with Crippen molar-refractivity contribution < 1.29 is 13.6 Å². The number of anilines is 2. The van der Waals surface area contributed by atoms with E-state index in [0.717, 1.165) is 17.3 Å². The Bertz CT molecular complexity index is 1640. The number of para-hydroxylation sites is 1. The van der Waals surface area contributed by atoms with Gasteiger partial charge >= 0.3 is 0 Å². The van der Waals surface area contributed by atoms with Crippen molar-refractivity contribution in [3.63, 3.8) is 0 Å². The van der Waals surface area contributed by atoms with Crippen molar-refractivity contribution in [2.24, 2.45) is 7.05 Å². The molecule has 7 nitrogen and oxygen atoms in total. The van der Waals surface area contributed by atoms with E-state index < -0.39 is 5.56 Å². The lowest BCUT2D eigenvalue weighted by molar-refractivity contribution is -0.122. The van der Waals surface area contributed by atoms with Gasteiger partial charge in [0.05, 0.1) is 17.1 Å². The quantitative estimate of drug-likeness (QED) is 0.325. The predicted molar refractivity (Wildman–Crippen MR) is 157 cm³/mol. The van der Waals surface area contributed by atoms with Gasteiger partial charge in [-0.1, -0.05) is 48.2 Å². The zero-order chi connectivity index (χ0) is 28.6. The van der Waals surface area contributed by atoms with Crippen LogP contribution in [0.4, 0.5) is 20.3 Å². The Balaban J connectivity index is 1.49. The summed E-state index contributed by atoms with van der Waals surface area (Å²) < 4.78 is 29.5. The number of nitriles is 1. The molecule has 40 heavy (non-hydrogen) atoms. The van der Waals surface area contributed by atoms with E-state index >= 15 is 0 Å². The lowest BCUT2D eigenvalue weighted by atomic mass is 10.0. The molecule has 2 aliphatic rings. The van der Waals surface area contributed by atoms with Gasteiger partial charge < -0.3 is 9.80 Å². The summed E-state index contributed by atoms with van der Waals surface area (Å²) in [5.41, 5.74) is 1.90. The van der Waals surface area contributed by atoms with E-state index in [1.54, 1.807) is 50.4 Å². The fraction of sp³-hybridized carbons (Fsp3) is 0.241. The average Bonchev–Trinajstić information content (AvgIpc) is 3.21. The molecule has 0 aliphatic carbocycles. The molecule has 3 aromatic rings. The number of hydrogen-bond donors (Lipinski definition) is 0. The molecule has 0 N–H and O–H groups in total. The molecule has 2 fully saturated rings. The first-order valence-electron chi connectivity index (χ1n) is 12.6. The van der Waals surface area contributed by atoms with E-state index in [2.05, 4.69) is 0 Å². The van der Waals surface area contributed by atoms with E-state index in [4.69, 9.17) is 12.2 Å². The maximum Gasteiger partial charge on any atom is 0.270 e. The zero-order valence-corrected chi connectivity index (χ0v) is 23.5. The highest BCUT2D eigenvalue weighted by Gasteiger charge is 2.33.